The Hall–Kier alpha value is -2.88. The third-order valence-electron chi connectivity index (χ3n) is 4.11. The van der Waals surface area contributed by atoms with Crippen LogP contribution in [0.4, 0.5) is 10.1 Å². The molecule has 0 radical (unpaired) electrons. The fraction of sp³-hybridized carbons (Fsp3) is 0.150. The summed E-state index contributed by atoms with van der Waals surface area (Å²) in [6, 6.07) is 17.5. The van der Waals surface area contributed by atoms with Crippen LogP contribution in [0.15, 0.2) is 60.7 Å². The molecule has 3 aromatic rings. The fourth-order valence-corrected chi connectivity index (χ4v) is 2.88. The van der Waals surface area contributed by atoms with Gasteiger partial charge in [0, 0.05) is 24.1 Å². The SMILES string of the molecule is CCc1c(C(=O)Nc2ccccc2)cc(-c2ccc(F)cc2)n1C. The number of carbonyl (C=O) groups is 1. The predicted molar refractivity (Wildman–Crippen MR) is 94.6 cm³/mol. The summed E-state index contributed by atoms with van der Waals surface area (Å²) in [5.41, 5.74) is 4.13. The van der Waals surface area contributed by atoms with Crippen LogP contribution >= 0.6 is 0 Å². The van der Waals surface area contributed by atoms with E-state index < -0.39 is 0 Å². The molecule has 1 N–H and O–H groups in total. The number of aromatic nitrogens is 1. The molecule has 0 unspecified atom stereocenters. The molecule has 1 aromatic heterocycles. The Balaban J connectivity index is 1.97. The third kappa shape index (κ3) is 3.08. The molecule has 0 fully saturated rings. The number of para-hydroxylation sites is 1. The Kier molecular flexibility index (Phi) is 4.47. The quantitative estimate of drug-likeness (QED) is 0.745. The number of hydrogen-bond donors (Lipinski definition) is 1. The molecule has 0 aliphatic rings. The number of anilines is 1. The van der Waals surface area contributed by atoms with Crippen molar-refractivity contribution in [2.45, 2.75) is 13.3 Å². The van der Waals surface area contributed by atoms with Crippen molar-refractivity contribution in [2.75, 3.05) is 5.32 Å². The van der Waals surface area contributed by atoms with Crippen LogP contribution in [0.3, 0.4) is 0 Å². The van der Waals surface area contributed by atoms with E-state index in [1.807, 2.05) is 54.9 Å². The van der Waals surface area contributed by atoms with Crippen molar-refractivity contribution in [3.05, 3.63) is 77.7 Å². The van der Waals surface area contributed by atoms with Crippen molar-refractivity contribution in [1.82, 2.24) is 4.57 Å². The predicted octanol–water partition coefficient (Wildman–Crippen LogP) is 4.65. The summed E-state index contributed by atoms with van der Waals surface area (Å²) in [5.74, 6) is -0.410. The first-order valence-corrected chi connectivity index (χ1v) is 7.91. The highest BCUT2D eigenvalue weighted by molar-refractivity contribution is 6.06. The number of halogens is 1. The van der Waals surface area contributed by atoms with Crippen molar-refractivity contribution in [1.29, 1.82) is 0 Å². The van der Waals surface area contributed by atoms with Crippen molar-refractivity contribution < 1.29 is 9.18 Å². The largest absolute Gasteiger partial charge is 0.347 e. The monoisotopic (exact) mass is 322 g/mol. The van der Waals surface area contributed by atoms with E-state index in [0.29, 0.717) is 5.56 Å². The van der Waals surface area contributed by atoms with E-state index in [4.69, 9.17) is 0 Å². The lowest BCUT2D eigenvalue weighted by atomic mass is 10.1. The van der Waals surface area contributed by atoms with E-state index in [2.05, 4.69) is 5.32 Å². The zero-order chi connectivity index (χ0) is 17.1. The van der Waals surface area contributed by atoms with Gasteiger partial charge < -0.3 is 9.88 Å². The summed E-state index contributed by atoms with van der Waals surface area (Å²) in [6.07, 6.45) is 0.731. The van der Waals surface area contributed by atoms with Gasteiger partial charge in [-0.05, 0) is 54.4 Å². The van der Waals surface area contributed by atoms with Crippen LogP contribution in [0.25, 0.3) is 11.3 Å². The number of carbonyl (C=O) groups excluding carboxylic acids is 1. The van der Waals surface area contributed by atoms with E-state index in [9.17, 15) is 9.18 Å². The molecule has 1 heterocycles. The number of benzene rings is 2. The van der Waals surface area contributed by atoms with Crippen molar-refractivity contribution in [2.24, 2.45) is 7.05 Å². The van der Waals surface area contributed by atoms with Gasteiger partial charge in [-0.25, -0.2) is 4.39 Å². The maximum Gasteiger partial charge on any atom is 0.257 e. The Morgan fingerprint density at radius 2 is 1.75 bits per heavy atom. The number of rotatable bonds is 4. The highest BCUT2D eigenvalue weighted by Crippen LogP contribution is 2.26. The molecule has 3 rings (SSSR count). The van der Waals surface area contributed by atoms with E-state index >= 15 is 0 Å². The number of amides is 1. The van der Waals surface area contributed by atoms with Gasteiger partial charge >= 0.3 is 0 Å². The van der Waals surface area contributed by atoms with Crippen LogP contribution in [-0.4, -0.2) is 10.5 Å². The molecule has 0 aliphatic heterocycles. The fourth-order valence-electron chi connectivity index (χ4n) is 2.88. The number of nitrogens with zero attached hydrogens (tertiary/aromatic N) is 1. The third-order valence-corrected chi connectivity index (χ3v) is 4.11. The van der Waals surface area contributed by atoms with Crippen LogP contribution in [-0.2, 0) is 13.5 Å². The molecule has 0 bridgehead atoms. The minimum Gasteiger partial charge on any atom is -0.347 e. The van der Waals surface area contributed by atoms with E-state index in [0.717, 1.165) is 29.1 Å². The summed E-state index contributed by atoms with van der Waals surface area (Å²) >= 11 is 0. The normalized spacial score (nSPS) is 10.6. The minimum absolute atomic E-state index is 0.137. The first-order chi connectivity index (χ1) is 11.6. The first-order valence-electron chi connectivity index (χ1n) is 7.91. The van der Waals surface area contributed by atoms with Crippen molar-refractivity contribution >= 4 is 11.6 Å². The van der Waals surface area contributed by atoms with E-state index in [1.54, 1.807) is 12.1 Å². The average Bonchev–Trinajstić information content (AvgIpc) is 2.93. The second-order valence-electron chi connectivity index (χ2n) is 5.63. The van der Waals surface area contributed by atoms with Gasteiger partial charge in [0.2, 0.25) is 0 Å². The maximum absolute atomic E-state index is 13.2. The summed E-state index contributed by atoms with van der Waals surface area (Å²) in [7, 11) is 1.93. The summed E-state index contributed by atoms with van der Waals surface area (Å²) in [4.78, 5) is 12.7. The molecule has 0 saturated heterocycles. The second kappa shape index (κ2) is 6.71. The van der Waals surface area contributed by atoms with Crippen LogP contribution in [0.5, 0.6) is 0 Å². The van der Waals surface area contributed by atoms with Gasteiger partial charge in [0.15, 0.2) is 0 Å². The minimum atomic E-state index is -0.272. The van der Waals surface area contributed by atoms with Gasteiger partial charge in [0.05, 0.1) is 5.56 Å². The van der Waals surface area contributed by atoms with Gasteiger partial charge in [-0.2, -0.15) is 0 Å². The summed E-state index contributed by atoms with van der Waals surface area (Å²) < 4.78 is 15.1. The molecule has 122 valence electrons. The van der Waals surface area contributed by atoms with Gasteiger partial charge in [-0.1, -0.05) is 25.1 Å². The average molecular weight is 322 g/mol. The molecule has 0 spiro atoms. The van der Waals surface area contributed by atoms with Crippen LogP contribution in [0.2, 0.25) is 0 Å². The van der Waals surface area contributed by atoms with Crippen molar-refractivity contribution in [3.63, 3.8) is 0 Å². The summed E-state index contributed by atoms with van der Waals surface area (Å²) in [5, 5.41) is 2.92. The van der Waals surface area contributed by atoms with Crippen molar-refractivity contribution in [3.8, 4) is 11.3 Å². The Bertz CT molecular complexity index is 851. The Morgan fingerprint density at radius 3 is 2.38 bits per heavy atom. The van der Waals surface area contributed by atoms with E-state index in [-0.39, 0.29) is 11.7 Å². The molecule has 1 amide bonds. The first kappa shape index (κ1) is 16.0. The van der Waals surface area contributed by atoms with Crippen LogP contribution < -0.4 is 5.32 Å². The zero-order valence-corrected chi connectivity index (χ0v) is 13.7. The van der Waals surface area contributed by atoms with Crippen LogP contribution in [0, 0.1) is 5.82 Å². The highest BCUT2D eigenvalue weighted by Gasteiger charge is 2.18. The molecule has 0 saturated carbocycles. The lowest BCUT2D eigenvalue weighted by Gasteiger charge is -2.08. The lowest BCUT2D eigenvalue weighted by Crippen LogP contribution is -2.13. The molecule has 4 heteroatoms. The molecule has 0 atom stereocenters. The number of nitrogens with one attached hydrogen (secondary N) is 1. The lowest BCUT2D eigenvalue weighted by molar-refractivity contribution is 0.102. The molecule has 2 aromatic carbocycles. The molecule has 24 heavy (non-hydrogen) atoms. The standard InChI is InChI=1S/C20H19FN2O/c1-3-18-17(20(24)22-16-7-5-4-6-8-16)13-19(23(18)2)14-9-11-15(21)12-10-14/h4-13H,3H2,1-2H3,(H,22,24). The van der Waals surface area contributed by atoms with Crippen LogP contribution in [0.1, 0.15) is 23.0 Å². The maximum atomic E-state index is 13.2. The molecule has 3 nitrogen and oxygen atoms in total. The van der Waals surface area contributed by atoms with Gasteiger partial charge in [-0.3, -0.25) is 4.79 Å². The van der Waals surface area contributed by atoms with Gasteiger partial charge in [-0.15, -0.1) is 0 Å². The molecule has 0 aliphatic carbocycles. The highest BCUT2D eigenvalue weighted by atomic mass is 19.1. The van der Waals surface area contributed by atoms with Gasteiger partial charge in [0.25, 0.3) is 5.91 Å². The zero-order valence-electron chi connectivity index (χ0n) is 13.7. The van der Waals surface area contributed by atoms with E-state index in [1.165, 1.54) is 12.1 Å². The number of hydrogen-bond acceptors (Lipinski definition) is 1. The molecular weight excluding hydrogens is 303 g/mol. The van der Waals surface area contributed by atoms with Gasteiger partial charge in [0.1, 0.15) is 5.82 Å². The topological polar surface area (TPSA) is 34.0 Å². The second-order valence-corrected chi connectivity index (χ2v) is 5.63. The Morgan fingerprint density at radius 1 is 1.08 bits per heavy atom. The smallest absolute Gasteiger partial charge is 0.257 e. The Labute approximate surface area is 140 Å². The summed E-state index contributed by atoms with van der Waals surface area (Å²) in [6.45, 7) is 2.02. The molecular formula is C20H19FN2O.